The number of ether oxygens (including phenoxy) is 7. The van der Waals surface area contributed by atoms with Crippen LogP contribution in [0.5, 0.6) is 23.0 Å². The average molecular weight is 957 g/mol. The van der Waals surface area contributed by atoms with Crippen molar-refractivity contribution in [2.24, 2.45) is 22.9 Å². The number of carbonyl (C=O) groups excluding carboxylic acids is 1. The van der Waals surface area contributed by atoms with Crippen molar-refractivity contribution in [1.82, 2.24) is 4.90 Å². The molecule has 3 aliphatic heterocycles. The minimum Gasteiger partial charge on any atom is -0.490 e. The molecule has 380 valence electrons. The van der Waals surface area contributed by atoms with Crippen molar-refractivity contribution in [2.75, 3.05) is 46.4 Å². The number of unbranched alkanes of at least 4 members (excludes halogenated alkanes) is 11. The maximum atomic E-state index is 15.2. The molecule has 7 rings (SSSR count). The highest BCUT2D eigenvalue weighted by atomic mass is 16.8. The van der Waals surface area contributed by atoms with E-state index < -0.39 is 30.1 Å². The summed E-state index contributed by atoms with van der Waals surface area (Å²) in [6.45, 7) is 12.1. The van der Waals surface area contributed by atoms with E-state index >= 15 is 4.79 Å². The van der Waals surface area contributed by atoms with Crippen LogP contribution in [-0.4, -0.2) is 91.5 Å². The maximum Gasteiger partial charge on any atom is 0.410 e. The minimum absolute atomic E-state index is 0.0567. The fourth-order valence-corrected chi connectivity index (χ4v) is 11.2. The molecule has 2 aromatic rings. The summed E-state index contributed by atoms with van der Waals surface area (Å²) in [5, 5.41) is 25.1. The van der Waals surface area contributed by atoms with Gasteiger partial charge in [0, 0.05) is 44.1 Å². The molecule has 0 spiro atoms. The van der Waals surface area contributed by atoms with Gasteiger partial charge in [-0.1, -0.05) is 114 Å². The van der Waals surface area contributed by atoms with Crippen molar-refractivity contribution in [3.8, 4) is 23.0 Å². The van der Waals surface area contributed by atoms with Crippen LogP contribution in [0.1, 0.15) is 152 Å². The Hall–Kier alpha value is -4.56. The highest BCUT2D eigenvalue weighted by molar-refractivity contribution is 6.03. The van der Waals surface area contributed by atoms with Gasteiger partial charge in [-0.05, 0) is 98.2 Å². The Labute approximate surface area is 411 Å². The fourth-order valence-electron chi connectivity index (χ4n) is 11.2. The third-order valence-corrected chi connectivity index (χ3v) is 14.6. The lowest BCUT2D eigenvalue weighted by atomic mass is 9.55. The molecule has 1 unspecified atom stereocenters. The SMILES string of the molecule is C=CCOc1ccc2c(c1)[C@H]1[C@H](CCCCO)[C@@H](CCCCO)C=C3C(=NOC4CCCCO4)C[C@H](N(Cc4ccc5c(c4)OCO5)C(=O)OCCCCCCCCCCCC)[C@@](OCC=C)(O2)[C@H]31. The number of carbonyl (C=O) groups is 1. The second kappa shape index (κ2) is 27.2. The van der Waals surface area contributed by atoms with E-state index in [0.717, 1.165) is 80.9 Å². The number of rotatable bonds is 30. The molecule has 7 atom stereocenters. The predicted octanol–water partition coefficient (Wildman–Crippen LogP) is 11.7. The topological polar surface area (TPSA) is 147 Å². The highest BCUT2D eigenvalue weighted by Crippen LogP contribution is 2.62. The van der Waals surface area contributed by atoms with Gasteiger partial charge in [0.15, 0.2) is 11.5 Å². The number of allylic oxidation sites excluding steroid dienone is 1. The van der Waals surface area contributed by atoms with Gasteiger partial charge in [-0.2, -0.15) is 0 Å². The highest BCUT2D eigenvalue weighted by Gasteiger charge is 2.66. The normalized spacial score (nSPS) is 24.9. The standard InChI is InChI=1S/C56H80N2O11/c1-4-7-8-9-10-11-12-13-14-20-34-64-55(61)58(39-41-25-27-49-50(35-41)66-40-65-49)51-38-47(57-69-52-24-17-21-33-63-52)45-36-42(22-15-18-29-59)44(23-16-19-30-60)53-46-37-43(62-31-5-2)26-28-48(46)68-56(51,54(45)53)67-32-6-3/h5-6,25-28,35-37,42,44,51-54,59-60H,2-4,7-24,29-34,38-40H2,1H3/t42-,44+,51-,52?,53+,54+,56+/m0/s1. The van der Waals surface area contributed by atoms with Gasteiger partial charge in [-0.25, -0.2) is 4.79 Å². The van der Waals surface area contributed by atoms with E-state index in [4.69, 9.17) is 43.2 Å². The molecule has 5 aliphatic rings. The number of hydrogen-bond acceptors (Lipinski definition) is 12. The maximum absolute atomic E-state index is 15.2. The van der Waals surface area contributed by atoms with Crippen molar-refractivity contribution >= 4 is 11.8 Å². The first kappa shape index (κ1) is 52.3. The number of hydrogen-bond donors (Lipinski definition) is 2. The molecule has 0 radical (unpaired) electrons. The van der Waals surface area contributed by atoms with Crippen molar-refractivity contribution in [2.45, 2.75) is 166 Å². The number of nitrogens with zero attached hydrogens (tertiary/aromatic N) is 2. The van der Waals surface area contributed by atoms with E-state index in [-0.39, 0.29) is 63.9 Å². The molecular weight excluding hydrogens is 877 g/mol. The molecule has 2 aliphatic carbocycles. The van der Waals surface area contributed by atoms with Gasteiger partial charge in [-0.15, -0.1) is 6.58 Å². The van der Waals surface area contributed by atoms with Crippen molar-refractivity contribution < 1.29 is 53.0 Å². The second-order valence-corrected chi connectivity index (χ2v) is 19.4. The molecule has 0 aromatic heterocycles. The lowest BCUT2D eigenvalue weighted by Gasteiger charge is -2.60. The van der Waals surface area contributed by atoms with Crippen LogP contribution in [-0.2, 0) is 25.6 Å². The summed E-state index contributed by atoms with van der Waals surface area (Å²) >= 11 is 0. The molecule has 2 fully saturated rings. The van der Waals surface area contributed by atoms with Crippen molar-refractivity contribution in [1.29, 1.82) is 0 Å². The molecule has 3 heterocycles. The van der Waals surface area contributed by atoms with Crippen molar-refractivity contribution in [3.63, 3.8) is 0 Å². The van der Waals surface area contributed by atoms with Crippen LogP contribution in [0.3, 0.4) is 0 Å². The smallest absolute Gasteiger partial charge is 0.410 e. The number of oxime groups is 1. The van der Waals surface area contributed by atoms with E-state index in [9.17, 15) is 10.2 Å². The summed E-state index contributed by atoms with van der Waals surface area (Å²) in [5.41, 5.74) is 3.46. The molecule has 1 saturated heterocycles. The molecule has 2 N–H and O–H groups in total. The summed E-state index contributed by atoms with van der Waals surface area (Å²) in [5.74, 6) is 0.580. The zero-order valence-electron chi connectivity index (χ0n) is 41.3. The summed E-state index contributed by atoms with van der Waals surface area (Å²) in [6.07, 6.45) is 24.1. The molecule has 13 nitrogen and oxygen atoms in total. The minimum atomic E-state index is -1.46. The first-order chi connectivity index (χ1) is 33.9. The summed E-state index contributed by atoms with van der Waals surface area (Å²) in [7, 11) is 0. The molecule has 0 bridgehead atoms. The number of benzene rings is 2. The van der Waals surface area contributed by atoms with Crippen LogP contribution in [0.25, 0.3) is 0 Å². The fraction of sp³-hybridized carbons (Fsp3) is 0.643. The van der Waals surface area contributed by atoms with Crippen LogP contribution in [0.4, 0.5) is 4.79 Å². The van der Waals surface area contributed by atoms with Gasteiger partial charge in [0.05, 0.1) is 31.5 Å². The lowest BCUT2D eigenvalue weighted by molar-refractivity contribution is -0.256. The van der Waals surface area contributed by atoms with Crippen LogP contribution in [0, 0.1) is 17.8 Å². The number of aliphatic hydroxyl groups is 2. The Morgan fingerprint density at radius 1 is 0.855 bits per heavy atom. The Bertz CT molecular complexity index is 2000. The zero-order valence-corrected chi connectivity index (χ0v) is 41.3. The van der Waals surface area contributed by atoms with E-state index in [0.29, 0.717) is 54.8 Å². The Morgan fingerprint density at radius 2 is 1.59 bits per heavy atom. The number of amides is 1. The Morgan fingerprint density at radius 3 is 2.33 bits per heavy atom. The number of fused-ring (bicyclic) bond motifs is 3. The van der Waals surface area contributed by atoms with E-state index in [1.807, 2.05) is 30.3 Å². The average Bonchev–Trinajstić information content (AvgIpc) is 3.85. The van der Waals surface area contributed by atoms with Gasteiger partial charge in [0.2, 0.25) is 18.9 Å². The monoisotopic (exact) mass is 957 g/mol. The summed E-state index contributed by atoms with van der Waals surface area (Å²) in [4.78, 5) is 23.3. The first-order valence-electron chi connectivity index (χ1n) is 26.4. The largest absolute Gasteiger partial charge is 0.490 e. The summed E-state index contributed by atoms with van der Waals surface area (Å²) in [6, 6.07) is 10.9. The third kappa shape index (κ3) is 13.4. The van der Waals surface area contributed by atoms with Crippen LogP contribution >= 0.6 is 0 Å². The molecule has 1 saturated carbocycles. The molecule has 1 amide bonds. The predicted molar refractivity (Wildman–Crippen MR) is 267 cm³/mol. The second-order valence-electron chi connectivity index (χ2n) is 19.4. The molecule has 13 heteroatoms. The summed E-state index contributed by atoms with van der Waals surface area (Å²) < 4.78 is 44.8. The van der Waals surface area contributed by atoms with E-state index in [1.54, 1.807) is 17.1 Å². The van der Waals surface area contributed by atoms with Crippen LogP contribution in [0.2, 0.25) is 0 Å². The molecule has 2 aromatic carbocycles. The quantitative estimate of drug-likeness (QED) is 0.0438. The van der Waals surface area contributed by atoms with Gasteiger partial charge >= 0.3 is 6.09 Å². The lowest BCUT2D eigenvalue weighted by Crippen LogP contribution is -2.70. The molecule has 69 heavy (non-hydrogen) atoms. The first-order valence-corrected chi connectivity index (χ1v) is 26.4. The Kier molecular flexibility index (Phi) is 20.6. The van der Waals surface area contributed by atoms with Gasteiger partial charge in [-0.3, -0.25) is 4.90 Å². The van der Waals surface area contributed by atoms with Gasteiger partial charge in [0.25, 0.3) is 0 Å². The van der Waals surface area contributed by atoms with E-state index in [2.05, 4.69) is 32.2 Å². The zero-order chi connectivity index (χ0) is 48.3. The van der Waals surface area contributed by atoms with Gasteiger partial charge in [0.1, 0.15) is 24.1 Å². The van der Waals surface area contributed by atoms with Crippen LogP contribution < -0.4 is 18.9 Å². The number of aliphatic hydroxyl groups excluding tert-OH is 2. The van der Waals surface area contributed by atoms with E-state index in [1.165, 1.54) is 44.9 Å². The van der Waals surface area contributed by atoms with Gasteiger partial charge < -0.3 is 48.2 Å². The Balaban J connectivity index is 1.32. The third-order valence-electron chi connectivity index (χ3n) is 14.6. The molecular formula is C56H80N2O11. The van der Waals surface area contributed by atoms with Crippen molar-refractivity contribution in [3.05, 3.63) is 84.5 Å². The van der Waals surface area contributed by atoms with Crippen LogP contribution in [0.15, 0.2) is 78.5 Å².